The number of nitrogens with zero attached hydrogens (tertiary/aromatic N) is 1. The number of hydrogen-bond donors (Lipinski definition) is 2. The van der Waals surface area contributed by atoms with E-state index < -0.39 is 0 Å². The molecule has 1 aliphatic rings. The number of benzene rings is 1. The first kappa shape index (κ1) is 17.8. The second-order valence-corrected chi connectivity index (χ2v) is 6.38. The molecule has 3 unspecified atom stereocenters. The molecule has 0 aliphatic carbocycles. The van der Waals surface area contributed by atoms with Crippen LogP contribution >= 0.6 is 0 Å². The van der Waals surface area contributed by atoms with E-state index in [-0.39, 0.29) is 24.0 Å². The summed E-state index contributed by atoms with van der Waals surface area (Å²) in [5.74, 6) is 1.08. The molecule has 0 bridgehead atoms. The van der Waals surface area contributed by atoms with Crippen molar-refractivity contribution in [1.29, 1.82) is 0 Å². The second kappa shape index (κ2) is 8.31. The van der Waals surface area contributed by atoms with Gasteiger partial charge in [-0.15, -0.1) is 0 Å². The fraction of sp³-hybridized carbons (Fsp3) is 0.611. The predicted octanol–water partition coefficient (Wildman–Crippen LogP) is 1.79. The molecule has 0 radical (unpaired) electrons. The van der Waals surface area contributed by atoms with Gasteiger partial charge in [0, 0.05) is 13.1 Å². The number of aliphatic hydroxyl groups is 1. The fourth-order valence-corrected chi connectivity index (χ4v) is 3.07. The van der Waals surface area contributed by atoms with E-state index in [0.717, 1.165) is 37.2 Å². The van der Waals surface area contributed by atoms with Crippen molar-refractivity contribution in [3.8, 4) is 5.75 Å². The molecule has 1 fully saturated rings. The molecule has 1 aromatic carbocycles. The first-order chi connectivity index (χ1) is 11.0. The minimum atomic E-state index is -0.315. The van der Waals surface area contributed by atoms with Crippen LogP contribution in [0.1, 0.15) is 32.3 Å². The highest BCUT2D eigenvalue weighted by molar-refractivity contribution is 5.81. The highest BCUT2D eigenvalue weighted by atomic mass is 16.5. The third-order valence-electron chi connectivity index (χ3n) is 4.70. The zero-order valence-electron chi connectivity index (χ0n) is 14.3. The van der Waals surface area contributed by atoms with Gasteiger partial charge < -0.3 is 15.2 Å². The summed E-state index contributed by atoms with van der Waals surface area (Å²) in [4.78, 5) is 14.6. The molecule has 1 saturated heterocycles. The minimum Gasteiger partial charge on any atom is -0.497 e. The van der Waals surface area contributed by atoms with Crippen LogP contribution in [0.25, 0.3) is 0 Å². The number of hydrogen-bond acceptors (Lipinski definition) is 4. The Morgan fingerprint density at radius 1 is 1.48 bits per heavy atom. The lowest BCUT2D eigenvalue weighted by Gasteiger charge is -2.37. The number of piperidine rings is 1. The Morgan fingerprint density at radius 2 is 2.26 bits per heavy atom. The van der Waals surface area contributed by atoms with Gasteiger partial charge in [-0.05, 0) is 56.8 Å². The quantitative estimate of drug-likeness (QED) is 0.839. The monoisotopic (exact) mass is 320 g/mol. The smallest absolute Gasteiger partial charge is 0.237 e. The Labute approximate surface area is 138 Å². The molecule has 3 atom stereocenters. The average Bonchev–Trinajstić information content (AvgIpc) is 2.59. The van der Waals surface area contributed by atoms with Gasteiger partial charge in [-0.25, -0.2) is 0 Å². The van der Waals surface area contributed by atoms with Crippen LogP contribution < -0.4 is 10.1 Å². The molecule has 128 valence electrons. The maximum absolute atomic E-state index is 12.4. The Hall–Kier alpha value is -1.59. The molecule has 1 heterocycles. The Morgan fingerprint density at radius 3 is 2.96 bits per heavy atom. The lowest BCUT2D eigenvalue weighted by molar-refractivity contribution is -0.127. The Balaban J connectivity index is 1.87. The number of nitrogens with one attached hydrogen (secondary N) is 1. The van der Waals surface area contributed by atoms with Crippen LogP contribution in [0.5, 0.6) is 5.75 Å². The summed E-state index contributed by atoms with van der Waals surface area (Å²) in [5, 5.41) is 12.8. The molecular formula is C18H28N2O3. The summed E-state index contributed by atoms with van der Waals surface area (Å²) in [6.45, 7) is 5.96. The zero-order valence-corrected chi connectivity index (χ0v) is 14.3. The number of likely N-dealkylation sites (tertiary alicyclic amines) is 1. The standard InChI is InChI=1S/C18H28N2O3/c1-13(20-9-5-7-16(12-20)14(2)21)18(22)19-11-15-6-4-8-17(10-15)23-3/h4,6,8,10,13-14,16,21H,5,7,9,11-12H2,1-3H3,(H,19,22). The van der Waals surface area contributed by atoms with Gasteiger partial charge in [-0.2, -0.15) is 0 Å². The third-order valence-corrected chi connectivity index (χ3v) is 4.70. The predicted molar refractivity (Wildman–Crippen MR) is 90.3 cm³/mol. The van der Waals surface area contributed by atoms with E-state index >= 15 is 0 Å². The number of aliphatic hydroxyl groups excluding tert-OH is 1. The number of amides is 1. The first-order valence-electron chi connectivity index (χ1n) is 8.34. The van der Waals surface area contributed by atoms with Crippen LogP contribution in [0.4, 0.5) is 0 Å². The van der Waals surface area contributed by atoms with E-state index in [2.05, 4.69) is 10.2 Å². The molecule has 0 saturated carbocycles. The largest absolute Gasteiger partial charge is 0.497 e. The summed E-state index contributed by atoms with van der Waals surface area (Å²) in [7, 11) is 1.63. The van der Waals surface area contributed by atoms with Crippen molar-refractivity contribution in [2.45, 2.75) is 45.4 Å². The van der Waals surface area contributed by atoms with Crippen LogP contribution in [0.2, 0.25) is 0 Å². The number of carbonyl (C=O) groups excluding carboxylic acids is 1. The van der Waals surface area contributed by atoms with E-state index in [4.69, 9.17) is 4.74 Å². The van der Waals surface area contributed by atoms with Gasteiger partial charge >= 0.3 is 0 Å². The van der Waals surface area contributed by atoms with Gasteiger partial charge in [-0.3, -0.25) is 9.69 Å². The van der Waals surface area contributed by atoms with Gasteiger partial charge in [0.2, 0.25) is 5.91 Å². The van der Waals surface area contributed by atoms with Crippen LogP contribution in [-0.2, 0) is 11.3 Å². The number of ether oxygens (including phenoxy) is 1. The van der Waals surface area contributed by atoms with Crippen molar-refractivity contribution in [2.24, 2.45) is 5.92 Å². The average molecular weight is 320 g/mol. The van der Waals surface area contributed by atoms with Crippen molar-refractivity contribution in [2.75, 3.05) is 20.2 Å². The summed E-state index contributed by atoms with van der Waals surface area (Å²) >= 11 is 0. The summed E-state index contributed by atoms with van der Waals surface area (Å²) < 4.78 is 5.19. The van der Waals surface area contributed by atoms with Crippen LogP contribution in [0.3, 0.4) is 0 Å². The summed E-state index contributed by atoms with van der Waals surface area (Å²) in [6.07, 6.45) is 1.75. The molecular weight excluding hydrogens is 292 g/mol. The van der Waals surface area contributed by atoms with E-state index in [0.29, 0.717) is 6.54 Å². The normalized spacial score (nSPS) is 21.5. The lowest BCUT2D eigenvalue weighted by atomic mass is 9.92. The molecule has 23 heavy (non-hydrogen) atoms. The first-order valence-corrected chi connectivity index (χ1v) is 8.34. The zero-order chi connectivity index (χ0) is 16.8. The maximum atomic E-state index is 12.4. The van der Waals surface area contributed by atoms with E-state index in [1.165, 1.54) is 0 Å². The number of rotatable bonds is 6. The number of carbonyl (C=O) groups is 1. The van der Waals surface area contributed by atoms with Crippen LogP contribution in [-0.4, -0.2) is 48.3 Å². The van der Waals surface area contributed by atoms with Crippen molar-refractivity contribution >= 4 is 5.91 Å². The molecule has 2 N–H and O–H groups in total. The van der Waals surface area contributed by atoms with Crippen molar-refractivity contribution in [3.63, 3.8) is 0 Å². The van der Waals surface area contributed by atoms with Gasteiger partial charge in [-0.1, -0.05) is 12.1 Å². The molecule has 0 spiro atoms. The Kier molecular flexibility index (Phi) is 6.42. The van der Waals surface area contributed by atoms with Crippen molar-refractivity contribution in [1.82, 2.24) is 10.2 Å². The van der Waals surface area contributed by atoms with Gasteiger partial charge in [0.15, 0.2) is 0 Å². The highest BCUT2D eigenvalue weighted by Crippen LogP contribution is 2.21. The van der Waals surface area contributed by atoms with Gasteiger partial charge in [0.25, 0.3) is 0 Å². The van der Waals surface area contributed by atoms with Crippen molar-refractivity contribution < 1.29 is 14.6 Å². The van der Waals surface area contributed by atoms with Gasteiger partial charge in [0.05, 0.1) is 19.3 Å². The maximum Gasteiger partial charge on any atom is 0.237 e. The molecule has 1 aromatic rings. The molecule has 2 rings (SSSR count). The molecule has 5 heteroatoms. The second-order valence-electron chi connectivity index (χ2n) is 6.38. The van der Waals surface area contributed by atoms with E-state index in [1.54, 1.807) is 7.11 Å². The number of methoxy groups -OCH3 is 1. The SMILES string of the molecule is COc1cccc(CNC(=O)C(C)N2CCCC(C(C)O)C2)c1. The molecule has 0 aromatic heterocycles. The van der Waals surface area contributed by atoms with E-state index in [9.17, 15) is 9.90 Å². The Bertz CT molecular complexity index is 519. The van der Waals surface area contributed by atoms with Crippen LogP contribution in [0, 0.1) is 5.92 Å². The lowest BCUT2D eigenvalue weighted by Crippen LogP contribution is -2.50. The van der Waals surface area contributed by atoms with Crippen molar-refractivity contribution in [3.05, 3.63) is 29.8 Å². The third kappa shape index (κ3) is 4.94. The topological polar surface area (TPSA) is 61.8 Å². The summed E-state index contributed by atoms with van der Waals surface area (Å²) in [5.41, 5.74) is 1.02. The molecule has 5 nitrogen and oxygen atoms in total. The summed E-state index contributed by atoms with van der Waals surface area (Å²) in [6, 6.07) is 7.52. The molecule has 1 amide bonds. The molecule has 1 aliphatic heterocycles. The van der Waals surface area contributed by atoms with Gasteiger partial charge in [0.1, 0.15) is 5.75 Å². The van der Waals surface area contributed by atoms with E-state index in [1.807, 2.05) is 38.1 Å². The fourth-order valence-electron chi connectivity index (χ4n) is 3.07. The van der Waals surface area contributed by atoms with Crippen LogP contribution in [0.15, 0.2) is 24.3 Å². The highest BCUT2D eigenvalue weighted by Gasteiger charge is 2.29. The minimum absolute atomic E-state index is 0.0269.